The number of nitrogens with zero attached hydrogens (tertiary/aromatic N) is 1. The van der Waals surface area contributed by atoms with E-state index in [0.29, 0.717) is 10.9 Å². The summed E-state index contributed by atoms with van der Waals surface area (Å²) in [5.41, 5.74) is 11.9. The number of rotatable bonds is 4. The monoisotopic (exact) mass is 403 g/mol. The average molecular weight is 405 g/mol. The van der Waals surface area contributed by atoms with E-state index in [0.717, 1.165) is 32.2 Å². The van der Waals surface area contributed by atoms with Gasteiger partial charge in [0.25, 0.3) is 0 Å². The number of hydrogen-bond acceptors (Lipinski definition) is 3. The average Bonchev–Trinajstić information content (AvgIpc) is 2.92. The molecule has 0 radical (unpaired) electrons. The number of fused-ring (bicyclic) bond motifs is 1. The SMILES string of the molecule is NN/N=C(\N)c1c(/C=C/c2ccc(Cl)cc2)[nH]c2cc(Br)ccc12. The molecule has 0 aliphatic carbocycles. The molecule has 2 aromatic carbocycles. The van der Waals surface area contributed by atoms with Gasteiger partial charge < -0.3 is 10.7 Å². The summed E-state index contributed by atoms with van der Waals surface area (Å²) < 4.78 is 0.975. The van der Waals surface area contributed by atoms with Gasteiger partial charge in [-0.1, -0.05) is 51.8 Å². The molecule has 7 heteroatoms. The topological polar surface area (TPSA) is 92.2 Å². The summed E-state index contributed by atoms with van der Waals surface area (Å²) in [5.74, 6) is 5.57. The highest BCUT2D eigenvalue weighted by Gasteiger charge is 2.13. The maximum absolute atomic E-state index is 6.07. The second-order valence-electron chi connectivity index (χ2n) is 5.11. The zero-order chi connectivity index (χ0) is 17.1. The minimum absolute atomic E-state index is 0.307. The van der Waals surface area contributed by atoms with Crippen LogP contribution in [0, 0.1) is 0 Å². The number of hydrazone groups is 1. The third-order valence-corrected chi connectivity index (χ3v) is 4.29. The maximum Gasteiger partial charge on any atom is 0.154 e. The number of halogens is 2. The number of aromatic nitrogens is 1. The van der Waals surface area contributed by atoms with Gasteiger partial charge in [-0.15, -0.1) is 5.10 Å². The van der Waals surface area contributed by atoms with Gasteiger partial charge in [0.1, 0.15) is 0 Å². The Morgan fingerprint density at radius 1 is 1.17 bits per heavy atom. The van der Waals surface area contributed by atoms with Crippen molar-refractivity contribution < 1.29 is 0 Å². The van der Waals surface area contributed by atoms with Crippen LogP contribution < -0.4 is 17.1 Å². The first-order valence-electron chi connectivity index (χ1n) is 7.12. The van der Waals surface area contributed by atoms with Gasteiger partial charge in [-0.05, 0) is 35.9 Å². The van der Waals surface area contributed by atoms with Crippen LogP contribution in [0.1, 0.15) is 16.8 Å². The van der Waals surface area contributed by atoms with Crippen LogP contribution in [0.2, 0.25) is 5.02 Å². The molecular weight excluding hydrogens is 390 g/mol. The molecule has 0 amide bonds. The molecule has 0 aliphatic heterocycles. The van der Waals surface area contributed by atoms with E-state index in [1.165, 1.54) is 0 Å². The molecular formula is C17H15BrClN5. The van der Waals surface area contributed by atoms with E-state index in [1.54, 1.807) is 0 Å². The first-order chi connectivity index (χ1) is 11.6. The molecule has 0 spiro atoms. The molecule has 5 nitrogen and oxygen atoms in total. The summed E-state index contributed by atoms with van der Waals surface area (Å²) in [6.45, 7) is 0. The lowest BCUT2D eigenvalue weighted by Gasteiger charge is -2.01. The van der Waals surface area contributed by atoms with Crippen molar-refractivity contribution in [3.05, 3.63) is 68.8 Å². The highest BCUT2D eigenvalue weighted by atomic mass is 79.9. The van der Waals surface area contributed by atoms with Gasteiger partial charge in [0, 0.05) is 20.4 Å². The lowest BCUT2D eigenvalue weighted by atomic mass is 10.1. The van der Waals surface area contributed by atoms with Gasteiger partial charge in [-0.3, -0.25) is 0 Å². The van der Waals surface area contributed by atoms with Crippen LogP contribution in [-0.4, -0.2) is 10.8 Å². The van der Waals surface area contributed by atoms with Crippen LogP contribution in [0.25, 0.3) is 23.1 Å². The number of benzene rings is 2. The fraction of sp³-hybridized carbons (Fsp3) is 0. The fourth-order valence-corrected chi connectivity index (χ4v) is 2.96. The maximum atomic E-state index is 6.07. The molecule has 0 saturated heterocycles. The Hall–Kier alpha value is -2.28. The van der Waals surface area contributed by atoms with Crippen LogP contribution in [0.4, 0.5) is 0 Å². The molecule has 0 aliphatic rings. The van der Waals surface area contributed by atoms with Crippen molar-refractivity contribution in [1.29, 1.82) is 0 Å². The van der Waals surface area contributed by atoms with Crippen LogP contribution in [0.3, 0.4) is 0 Å². The number of hydrogen-bond donors (Lipinski definition) is 4. The minimum Gasteiger partial charge on any atom is -0.382 e. The van der Waals surface area contributed by atoms with Crippen molar-refractivity contribution in [1.82, 2.24) is 10.5 Å². The lowest BCUT2D eigenvalue weighted by molar-refractivity contribution is 0.804. The van der Waals surface area contributed by atoms with Gasteiger partial charge >= 0.3 is 0 Å². The number of amidine groups is 1. The first-order valence-corrected chi connectivity index (χ1v) is 8.29. The lowest BCUT2D eigenvalue weighted by Crippen LogP contribution is -2.23. The molecule has 0 atom stereocenters. The predicted molar refractivity (Wildman–Crippen MR) is 104 cm³/mol. The number of hydrazine groups is 1. The highest BCUT2D eigenvalue weighted by molar-refractivity contribution is 9.10. The third-order valence-electron chi connectivity index (χ3n) is 3.54. The zero-order valence-electron chi connectivity index (χ0n) is 12.6. The van der Waals surface area contributed by atoms with Crippen molar-refractivity contribution in [2.24, 2.45) is 16.7 Å². The molecule has 0 saturated carbocycles. The Kier molecular flexibility index (Phi) is 4.89. The van der Waals surface area contributed by atoms with Gasteiger partial charge in [0.05, 0.1) is 11.3 Å². The summed E-state index contributed by atoms with van der Waals surface area (Å²) >= 11 is 9.39. The zero-order valence-corrected chi connectivity index (χ0v) is 14.9. The molecule has 0 fully saturated rings. The van der Waals surface area contributed by atoms with Crippen molar-refractivity contribution in [2.75, 3.05) is 0 Å². The van der Waals surface area contributed by atoms with E-state index in [2.05, 4.69) is 31.6 Å². The summed E-state index contributed by atoms with van der Waals surface area (Å²) in [4.78, 5) is 3.35. The van der Waals surface area contributed by atoms with E-state index in [1.807, 2.05) is 54.6 Å². The van der Waals surface area contributed by atoms with E-state index < -0.39 is 0 Å². The van der Waals surface area contributed by atoms with Crippen LogP contribution >= 0.6 is 27.5 Å². The van der Waals surface area contributed by atoms with E-state index in [-0.39, 0.29) is 0 Å². The van der Waals surface area contributed by atoms with Gasteiger partial charge in [-0.25, -0.2) is 11.4 Å². The summed E-state index contributed by atoms with van der Waals surface area (Å²) in [7, 11) is 0. The second kappa shape index (κ2) is 7.09. The molecule has 3 rings (SSSR count). The number of aromatic amines is 1. The van der Waals surface area contributed by atoms with E-state index in [4.69, 9.17) is 23.2 Å². The summed E-state index contributed by atoms with van der Waals surface area (Å²) in [6, 6.07) is 13.5. The number of nitrogens with two attached hydrogens (primary N) is 2. The normalized spacial score (nSPS) is 12.2. The number of nitrogens with one attached hydrogen (secondary N) is 2. The highest BCUT2D eigenvalue weighted by Crippen LogP contribution is 2.27. The van der Waals surface area contributed by atoms with Gasteiger partial charge in [0.15, 0.2) is 5.84 Å². The first kappa shape index (κ1) is 16.6. The van der Waals surface area contributed by atoms with Crippen molar-refractivity contribution >= 4 is 56.4 Å². The van der Waals surface area contributed by atoms with Crippen molar-refractivity contribution in [3.8, 4) is 0 Å². The Labute approximate surface area is 152 Å². The Morgan fingerprint density at radius 3 is 2.62 bits per heavy atom. The van der Waals surface area contributed by atoms with Crippen LogP contribution in [0.15, 0.2) is 52.0 Å². The van der Waals surface area contributed by atoms with Gasteiger partial charge in [-0.2, -0.15) is 0 Å². The Bertz CT molecular complexity index is 928. The summed E-state index contributed by atoms with van der Waals surface area (Å²) in [6.07, 6.45) is 3.92. The van der Waals surface area contributed by atoms with Gasteiger partial charge in [0.2, 0.25) is 0 Å². The minimum atomic E-state index is 0.307. The smallest absolute Gasteiger partial charge is 0.154 e. The van der Waals surface area contributed by atoms with Crippen LogP contribution in [0.5, 0.6) is 0 Å². The van der Waals surface area contributed by atoms with E-state index in [9.17, 15) is 0 Å². The molecule has 1 aromatic heterocycles. The Balaban J connectivity index is 2.10. The van der Waals surface area contributed by atoms with Crippen molar-refractivity contribution in [3.63, 3.8) is 0 Å². The van der Waals surface area contributed by atoms with Crippen LogP contribution in [-0.2, 0) is 0 Å². The molecule has 1 heterocycles. The molecule has 24 heavy (non-hydrogen) atoms. The second-order valence-corrected chi connectivity index (χ2v) is 6.47. The van der Waals surface area contributed by atoms with E-state index >= 15 is 0 Å². The molecule has 0 bridgehead atoms. The largest absolute Gasteiger partial charge is 0.382 e. The Morgan fingerprint density at radius 2 is 1.92 bits per heavy atom. The number of H-pyrrole nitrogens is 1. The third kappa shape index (κ3) is 3.46. The standard InChI is InChI=1S/C17H15BrClN5/c18-11-4-7-13-15(9-11)22-14(16(13)17(20)23-24-21)8-3-10-1-5-12(19)6-2-10/h1-9,22,24H,21H2,(H2,20,23)/b8-3+. The molecule has 0 unspecified atom stereocenters. The molecule has 3 aromatic rings. The quantitative estimate of drug-likeness (QED) is 0.230. The molecule has 6 N–H and O–H groups in total. The predicted octanol–water partition coefficient (Wildman–Crippen LogP) is 3.84. The van der Waals surface area contributed by atoms with Crippen molar-refractivity contribution in [2.45, 2.75) is 0 Å². The summed E-state index contributed by atoms with van der Waals surface area (Å²) in [5, 5.41) is 5.57. The molecule has 122 valence electrons. The fourth-order valence-electron chi connectivity index (χ4n) is 2.47.